The molecule has 9 nitrogen and oxygen atoms in total. The molecule has 0 unspecified atom stereocenters. The van der Waals surface area contributed by atoms with Gasteiger partial charge in [-0.2, -0.15) is 5.10 Å². The number of hydrogen-bond acceptors (Lipinski definition) is 6. The molecular formula is C24H23BrN4O5S. The molecule has 35 heavy (non-hydrogen) atoms. The van der Waals surface area contributed by atoms with Crippen molar-refractivity contribution in [3.8, 4) is 5.75 Å². The average molecular weight is 559 g/mol. The highest BCUT2D eigenvalue weighted by molar-refractivity contribution is 9.10. The summed E-state index contributed by atoms with van der Waals surface area (Å²) in [6.07, 6.45) is 1.40. The Kier molecular flexibility index (Phi) is 8.61. The second kappa shape index (κ2) is 11.6. The lowest BCUT2D eigenvalue weighted by atomic mass is 10.2. The number of ether oxygens (including phenoxy) is 1. The summed E-state index contributed by atoms with van der Waals surface area (Å²) in [6, 6.07) is 19.6. The third-order valence-electron chi connectivity index (χ3n) is 4.66. The topological polar surface area (TPSA) is 131 Å². The lowest BCUT2D eigenvalue weighted by Crippen LogP contribution is -2.39. The lowest BCUT2D eigenvalue weighted by Gasteiger charge is -2.24. The maximum atomic E-state index is 13.4. The van der Waals surface area contributed by atoms with Gasteiger partial charge >= 0.3 is 0 Å². The van der Waals surface area contributed by atoms with E-state index in [2.05, 4.69) is 26.5 Å². The van der Waals surface area contributed by atoms with E-state index in [-0.39, 0.29) is 11.5 Å². The van der Waals surface area contributed by atoms with Crippen LogP contribution in [0, 0.1) is 6.92 Å². The maximum absolute atomic E-state index is 13.4. The Labute approximate surface area is 211 Å². The monoisotopic (exact) mass is 558 g/mol. The van der Waals surface area contributed by atoms with Gasteiger partial charge in [0, 0.05) is 4.47 Å². The van der Waals surface area contributed by atoms with Crippen LogP contribution in [0.1, 0.15) is 11.1 Å². The molecule has 0 heterocycles. The number of rotatable bonds is 10. The Morgan fingerprint density at radius 3 is 2.40 bits per heavy atom. The molecule has 3 N–H and O–H groups in total. The maximum Gasteiger partial charge on any atom is 0.264 e. The fraction of sp³-hybridized carbons (Fsp3) is 0.125. The van der Waals surface area contributed by atoms with Gasteiger partial charge in [-0.05, 0) is 67.1 Å². The number of hydrazone groups is 1. The molecule has 0 saturated heterocycles. The number of nitrogens with zero attached hydrogens (tertiary/aromatic N) is 2. The molecule has 11 heteroatoms. The Morgan fingerprint density at radius 2 is 1.77 bits per heavy atom. The van der Waals surface area contributed by atoms with E-state index >= 15 is 0 Å². The van der Waals surface area contributed by atoms with Gasteiger partial charge in [-0.3, -0.25) is 13.9 Å². The van der Waals surface area contributed by atoms with E-state index in [4.69, 9.17) is 10.5 Å². The van der Waals surface area contributed by atoms with Crippen LogP contribution in [0.2, 0.25) is 0 Å². The van der Waals surface area contributed by atoms with Crippen molar-refractivity contribution in [1.82, 2.24) is 5.43 Å². The minimum atomic E-state index is -4.02. The van der Waals surface area contributed by atoms with Gasteiger partial charge < -0.3 is 10.5 Å². The number of nitrogens with one attached hydrogen (secondary N) is 1. The van der Waals surface area contributed by atoms with Gasteiger partial charge in [0.05, 0.1) is 16.8 Å². The molecule has 0 radical (unpaired) electrons. The second-order valence-corrected chi connectivity index (χ2v) is 10.2. The van der Waals surface area contributed by atoms with Gasteiger partial charge in [-0.15, -0.1) is 0 Å². The Balaban J connectivity index is 1.73. The van der Waals surface area contributed by atoms with E-state index in [1.807, 2.05) is 6.92 Å². The van der Waals surface area contributed by atoms with Gasteiger partial charge in [-0.25, -0.2) is 13.8 Å². The van der Waals surface area contributed by atoms with E-state index in [1.165, 1.54) is 18.3 Å². The smallest absolute Gasteiger partial charge is 0.264 e. The van der Waals surface area contributed by atoms with Crippen molar-refractivity contribution >= 4 is 49.7 Å². The van der Waals surface area contributed by atoms with E-state index in [9.17, 15) is 18.0 Å². The second-order valence-electron chi connectivity index (χ2n) is 7.42. The number of primary amides is 1. The summed E-state index contributed by atoms with van der Waals surface area (Å²) < 4.78 is 33.6. The summed E-state index contributed by atoms with van der Waals surface area (Å²) >= 11 is 3.34. The number of carbonyl (C=O) groups is 2. The van der Waals surface area contributed by atoms with Crippen molar-refractivity contribution in [3.05, 3.63) is 88.4 Å². The largest absolute Gasteiger partial charge is 0.484 e. The Bertz CT molecular complexity index is 1330. The predicted molar refractivity (Wildman–Crippen MR) is 137 cm³/mol. The predicted octanol–water partition coefficient (Wildman–Crippen LogP) is 2.97. The van der Waals surface area contributed by atoms with Crippen molar-refractivity contribution in [1.29, 1.82) is 0 Å². The molecule has 3 rings (SSSR count). The summed E-state index contributed by atoms with van der Waals surface area (Å²) in [7, 11) is -4.02. The number of carbonyl (C=O) groups excluding carboxylic acids is 2. The molecular weight excluding hydrogens is 536 g/mol. The van der Waals surface area contributed by atoms with Crippen LogP contribution in [0.15, 0.2) is 87.3 Å². The van der Waals surface area contributed by atoms with Gasteiger partial charge in [0.2, 0.25) is 0 Å². The molecule has 0 bridgehead atoms. The number of amides is 2. The lowest BCUT2D eigenvalue weighted by molar-refractivity contribution is -0.120. The fourth-order valence-corrected chi connectivity index (χ4v) is 4.73. The molecule has 0 aliphatic heterocycles. The van der Waals surface area contributed by atoms with E-state index in [0.29, 0.717) is 21.5 Å². The van der Waals surface area contributed by atoms with E-state index < -0.39 is 28.4 Å². The van der Waals surface area contributed by atoms with Crippen LogP contribution in [0.25, 0.3) is 0 Å². The first-order chi connectivity index (χ1) is 16.6. The molecule has 0 fully saturated rings. The number of sulfonamides is 1. The normalized spacial score (nSPS) is 11.3. The van der Waals surface area contributed by atoms with E-state index in [1.54, 1.807) is 60.7 Å². The Morgan fingerprint density at radius 1 is 1.09 bits per heavy atom. The summed E-state index contributed by atoms with van der Waals surface area (Å²) in [5.74, 6) is -0.756. The first-order valence-corrected chi connectivity index (χ1v) is 12.6. The van der Waals surface area contributed by atoms with Gasteiger partial charge in [0.25, 0.3) is 21.8 Å². The van der Waals surface area contributed by atoms with Crippen LogP contribution in [-0.4, -0.2) is 39.6 Å². The third-order valence-corrected chi connectivity index (χ3v) is 6.94. The highest BCUT2D eigenvalue weighted by atomic mass is 79.9. The van der Waals surface area contributed by atoms with Crippen LogP contribution in [0.5, 0.6) is 5.75 Å². The van der Waals surface area contributed by atoms with Crippen molar-refractivity contribution < 1.29 is 22.7 Å². The van der Waals surface area contributed by atoms with Crippen molar-refractivity contribution in [2.45, 2.75) is 11.8 Å². The summed E-state index contributed by atoms with van der Waals surface area (Å²) in [5, 5.41) is 3.91. The highest BCUT2D eigenvalue weighted by Crippen LogP contribution is 2.26. The molecule has 3 aromatic carbocycles. The number of aryl methyl sites for hydroxylation is 1. The molecule has 0 saturated carbocycles. The van der Waals surface area contributed by atoms with Crippen LogP contribution >= 0.6 is 15.9 Å². The molecule has 3 aromatic rings. The van der Waals surface area contributed by atoms with Crippen molar-refractivity contribution in [3.63, 3.8) is 0 Å². The minimum absolute atomic E-state index is 0.0676. The molecule has 0 aliphatic carbocycles. The average Bonchev–Trinajstić information content (AvgIpc) is 2.82. The molecule has 0 aliphatic rings. The minimum Gasteiger partial charge on any atom is -0.484 e. The van der Waals surface area contributed by atoms with Gasteiger partial charge in [0.15, 0.2) is 6.61 Å². The summed E-state index contributed by atoms with van der Waals surface area (Å²) in [5.41, 5.74) is 9.28. The zero-order valence-electron chi connectivity index (χ0n) is 18.7. The van der Waals surface area contributed by atoms with Gasteiger partial charge in [-0.1, -0.05) is 39.7 Å². The van der Waals surface area contributed by atoms with Crippen molar-refractivity contribution in [2.75, 3.05) is 17.5 Å². The zero-order valence-corrected chi connectivity index (χ0v) is 21.1. The number of hydrogen-bond donors (Lipinski definition) is 2. The Hall–Kier alpha value is -3.70. The highest BCUT2D eigenvalue weighted by Gasteiger charge is 2.27. The van der Waals surface area contributed by atoms with Crippen LogP contribution in [-0.2, 0) is 19.6 Å². The third kappa shape index (κ3) is 7.39. The number of halogens is 1. The fourth-order valence-electron chi connectivity index (χ4n) is 2.93. The van der Waals surface area contributed by atoms with Crippen LogP contribution in [0.3, 0.4) is 0 Å². The summed E-state index contributed by atoms with van der Waals surface area (Å²) in [6.45, 7) is 1.14. The number of nitrogens with two attached hydrogens (primary N) is 1. The standard InChI is InChI=1S/C24H23BrN4O5S/c1-17-5-11-22(12-6-17)35(32,33)29(20-4-2-3-19(25)13-20)15-24(31)28-27-14-18-7-9-21(10-8-18)34-16-23(26)30/h2-14H,15-16H2,1H3,(H2,26,30)(H,28,31)/b27-14-. The molecule has 0 spiro atoms. The quantitative estimate of drug-likeness (QED) is 0.291. The first-order valence-electron chi connectivity index (χ1n) is 10.3. The SMILES string of the molecule is Cc1ccc(S(=O)(=O)N(CC(=O)N/N=C\c2ccc(OCC(N)=O)cc2)c2cccc(Br)c2)cc1. The van der Waals surface area contributed by atoms with E-state index in [0.717, 1.165) is 9.87 Å². The number of anilines is 1. The molecule has 182 valence electrons. The zero-order chi connectivity index (χ0) is 25.4. The van der Waals surface area contributed by atoms with Crippen molar-refractivity contribution in [2.24, 2.45) is 10.8 Å². The van der Waals surface area contributed by atoms with Crippen LogP contribution < -0.4 is 20.2 Å². The number of benzene rings is 3. The first kappa shape index (κ1) is 25.9. The van der Waals surface area contributed by atoms with Gasteiger partial charge in [0.1, 0.15) is 12.3 Å². The summed E-state index contributed by atoms with van der Waals surface area (Å²) in [4.78, 5) is 23.5. The van der Waals surface area contributed by atoms with Crippen LogP contribution in [0.4, 0.5) is 5.69 Å². The molecule has 0 aromatic heterocycles. The molecule has 0 atom stereocenters. The molecule has 2 amide bonds.